The Morgan fingerprint density at radius 2 is 2.00 bits per heavy atom. The highest BCUT2D eigenvalue weighted by Crippen LogP contribution is 2.22. The Labute approximate surface area is 75.7 Å². The molecule has 1 aliphatic rings. The van der Waals surface area contributed by atoms with Gasteiger partial charge in [-0.2, -0.15) is 0 Å². The first kappa shape index (κ1) is 9.72. The van der Waals surface area contributed by atoms with Crippen LogP contribution in [0, 0.1) is 5.92 Å². The highest BCUT2D eigenvalue weighted by Gasteiger charge is 2.11. The molecule has 1 rings (SSSR count). The van der Waals surface area contributed by atoms with Gasteiger partial charge in [-0.1, -0.05) is 12.8 Å². The molecule has 0 saturated heterocycles. The minimum Gasteiger partial charge on any atom is -0.308 e. The van der Waals surface area contributed by atoms with E-state index in [1.807, 2.05) is 0 Å². The van der Waals surface area contributed by atoms with E-state index in [0.29, 0.717) is 0 Å². The van der Waals surface area contributed by atoms with Crippen molar-refractivity contribution < 1.29 is 0 Å². The second-order valence-electron chi connectivity index (χ2n) is 3.90. The number of likely N-dealkylation sites (N-methyl/N-ethyl adjacent to an activating group) is 1. The van der Waals surface area contributed by atoms with Gasteiger partial charge < -0.3 is 4.90 Å². The van der Waals surface area contributed by atoms with Crippen LogP contribution in [0.25, 0.3) is 0 Å². The van der Waals surface area contributed by atoms with Crippen LogP contribution in [0.3, 0.4) is 0 Å². The lowest BCUT2D eigenvalue weighted by molar-refractivity contribution is 0.420. The summed E-state index contributed by atoms with van der Waals surface area (Å²) in [6.07, 6.45) is 7.72. The largest absolute Gasteiger partial charge is 0.308 e. The van der Waals surface area contributed by atoms with Crippen molar-refractivity contribution in [3.63, 3.8) is 0 Å². The second-order valence-corrected chi connectivity index (χ2v) is 3.90. The normalized spacial score (nSPS) is 19.9. The standard InChI is InChI=1S/C10H20N2/c1-12(2)8-7-11-9-10-5-3-4-6-10/h9-10H,3-8H2,1-2H3. The molecule has 0 bridgehead atoms. The van der Waals surface area contributed by atoms with Crippen molar-refractivity contribution in [2.24, 2.45) is 10.9 Å². The van der Waals surface area contributed by atoms with Crippen molar-refractivity contribution in [1.82, 2.24) is 4.90 Å². The number of rotatable bonds is 4. The molecule has 0 heterocycles. The van der Waals surface area contributed by atoms with Gasteiger partial charge >= 0.3 is 0 Å². The molecule has 0 aromatic carbocycles. The van der Waals surface area contributed by atoms with Gasteiger partial charge in [0.05, 0.1) is 6.54 Å². The summed E-state index contributed by atoms with van der Waals surface area (Å²) in [4.78, 5) is 6.60. The Morgan fingerprint density at radius 3 is 2.58 bits per heavy atom. The van der Waals surface area contributed by atoms with Crippen molar-refractivity contribution in [3.8, 4) is 0 Å². The SMILES string of the molecule is CN(C)CCN=CC1CCCC1. The molecule has 0 unspecified atom stereocenters. The predicted octanol–water partition coefficient (Wildman–Crippen LogP) is 1.81. The van der Waals surface area contributed by atoms with E-state index in [1.165, 1.54) is 25.7 Å². The molecular formula is C10H20N2. The molecule has 2 heteroatoms. The van der Waals surface area contributed by atoms with Crippen LogP contribution in [-0.4, -0.2) is 38.3 Å². The molecule has 0 aliphatic heterocycles. The third-order valence-electron chi connectivity index (χ3n) is 2.39. The molecule has 0 N–H and O–H groups in total. The van der Waals surface area contributed by atoms with Crippen LogP contribution >= 0.6 is 0 Å². The molecule has 0 aromatic heterocycles. The lowest BCUT2D eigenvalue weighted by Crippen LogP contribution is -2.15. The molecule has 1 aliphatic carbocycles. The van der Waals surface area contributed by atoms with Crippen LogP contribution in [0.15, 0.2) is 4.99 Å². The third kappa shape index (κ3) is 3.86. The molecule has 1 fully saturated rings. The van der Waals surface area contributed by atoms with Crippen molar-refractivity contribution in [1.29, 1.82) is 0 Å². The van der Waals surface area contributed by atoms with Crippen molar-refractivity contribution in [2.75, 3.05) is 27.2 Å². The predicted molar refractivity (Wildman–Crippen MR) is 53.9 cm³/mol. The van der Waals surface area contributed by atoms with Crippen molar-refractivity contribution >= 4 is 6.21 Å². The smallest absolute Gasteiger partial charge is 0.0512 e. The Morgan fingerprint density at radius 1 is 1.33 bits per heavy atom. The maximum atomic E-state index is 4.43. The molecule has 0 aromatic rings. The minimum atomic E-state index is 0.798. The second kappa shape index (κ2) is 5.31. The topological polar surface area (TPSA) is 15.6 Å². The van der Waals surface area contributed by atoms with E-state index in [1.54, 1.807) is 0 Å². The van der Waals surface area contributed by atoms with Gasteiger partial charge in [0.2, 0.25) is 0 Å². The molecule has 0 amide bonds. The zero-order valence-electron chi connectivity index (χ0n) is 8.29. The summed E-state index contributed by atoms with van der Waals surface area (Å²) in [6, 6.07) is 0. The fourth-order valence-corrected chi connectivity index (χ4v) is 1.59. The monoisotopic (exact) mass is 168 g/mol. The zero-order chi connectivity index (χ0) is 8.81. The third-order valence-corrected chi connectivity index (χ3v) is 2.39. The van der Waals surface area contributed by atoms with E-state index < -0.39 is 0 Å². The Bertz CT molecular complexity index is 135. The van der Waals surface area contributed by atoms with Crippen LogP contribution in [0.1, 0.15) is 25.7 Å². The van der Waals surface area contributed by atoms with Crippen molar-refractivity contribution in [2.45, 2.75) is 25.7 Å². The van der Waals surface area contributed by atoms with E-state index in [4.69, 9.17) is 0 Å². The Balaban J connectivity index is 2.04. The number of hydrogen-bond acceptors (Lipinski definition) is 2. The first-order chi connectivity index (χ1) is 5.79. The summed E-state index contributed by atoms with van der Waals surface area (Å²) in [5.41, 5.74) is 0. The molecule has 0 radical (unpaired) electrons. The Kier molecular flexibility index (Phi) is 4.30. The van der Waals surface area contributed by atoms with E-state index in [0.717, 1.165) is 19.0 Å². The zero-order valence-corrected chi connectivity index (χ0v) is 8.29. The number of nitrogens with zero attached hydrogens (tertiary/aromatic N) is 2. The summed E-state index contributed by atoms with van der Waals surface area (Å²) >= 11 is 0. The van der Waals surface area contributed by atoms with Gasteiger partial charge in [-0.15, -0.1) is 0 Å². The lowest BCUT2D eigenvalue weighted by atomic mass is 10.1. The molecule has 70 valence electrons. The summed E-state index contributed by atoms with van der Waals surface area (Å²) in [5.74, 6) is 0.798. The van der Waals surface area contributed by atoms with E-state index in [2.05, 4.69) is 30.2 Å². The maximum Gasteiger partial charge on any atom is 0.0512 e. The molecular weight excluding hydrogens is 148 g/mol. The van der Waals surface area contributed by atoms with Crippen LogP contribution < -0.4 is 0 Å². The van der Waals surface area contributed by atoms with Gasteiger partial charge in [0.1, 0.15) is 0 Å². The molecule has 1 saturated carbocycles. The Hall–Kier alpha value is -0.370. The minimum absolute atomic E-state index is 0.798. The quantitative estimate of drug-likeness (QED) is 0.584. The number of aliphatic imine (C=N–C) groups is 1. The van der Waals surface area contributed by atoms with E-state index in [-0.39, 0.29) is 0 Å². The maximum absolute atomic E-state index is 4.43. The van der Waals surface area contributed by atoms with Gasteiger partial charge in [-0.25, -0.2) is 0 Å². The molecule has 2 nitrogen and oxygen atoms in total. The lowest BCUT2D eigenvalue weighted by Gasteiger charge is -2.06. The molecule has 0 atom stereocenters. The van der Waals surface area contributed by atoms with Gasteiger partial charge in [0.25, 0.3) is 0 Å². The molecule has 12 heavy (non-hydrogen) atoms. The first-order valence-electron chi connectivity index (χ1n) is 4.93. The van der Waals surface area contributed by atoms with Crippen molar-refractivity contribution in [3.05, 3.63) is 0 Å². The van der Waals surface area contributed by atoms with E-state index >= 15 is 0 Å². The summed E-state index contributed by atoms with van der Waals surface area (Å²) in [5, 5.41) is 0. The average Bonchev–Trinajstić information content (AvgIpc) is 2.49. The van der Waals surface area contributed by atoms with E-state index in [9.17, 15) is 0 Å². The van der Waals surface area contributed by atoms with Crippen LogP contribution in [0.4, 0.5) is 0 Å². The average molecular weight is 168 g/mol. The highest BCUT2D eigenvalue weighted by atomic mass is 15.1. The van der Waals surface area contributed by atoms with Gasteiger partial charge in [0, 0.05) is 12.8 Å². The van der Waals surface area contributed by atoms with Crippen LogP contribution in [0.5, 0.6) is 0 Å². The first-order valence-corrected chi connectivity index (χ1v) is 4.93. The van der Waals surface area contributed by atoms with Crippen LogP contribution in [0.2, 0.25) is 0 Å². The summed E-state index contributed by atoms with van der Waals surface area (Å²) < 4.78 is 0. The summed E-state index contributed by atoms with van der Waals surface area (Å²) in [6.45, 7) is 2.03. The molecule has 0 spiro atoms. The van der Waals surface area contributed by atoms with Crippen LogP contribution in [-0.2, 0) is 0 Å². The van der Waals surface area contributed by atoms with Gasteiger partial charge in [0.15, 0.2) is 0 Å². The van der Waals surface area contributed by atoms with Gasteiger partial charge in [-0.05, 0) is 32.9 Å². The number of hydrogen-bond donors (Lipinski definition) is 0. The van der Waals surface area contributed by atoms with Gasteiger partial charge in [-0.3, -0.25) is 4.99 Å². The highest BCUT2D eigenvalue weighted by molar-refractivity contribution is 5.60. The fourth-order valence-electron chi connectivity index (χ4n) is 1.59. The fraction of sp³-hybridized carbons (Fsp3) is 0.900. The summed E-state index contributed by atoms with van der Waals surface area (Å²) in [7, 11) is 4.18.